The molecule has 0 saturated heterocycles. The van der Waals surface area contributed by atoms with Crippen molar-refractivity contribution in [3.63, 3.8) is 0 Å². The molecule has 0 fully saturated rings. The van der Waals surface area contributed by atoms with Gasteiger partial charge in [-0.3, -0.25) is 0 Å². The Morgan fingerprint density at radius 3 is 2.16 bits per heavy atom. The van der Waals surface area contributed by atoms with Gasteiger partial charge in [-0.15, -0.1) is 0 Å². The summed E-state index contributed by atoms with van der Waals surface area (Å²) in [5.74, 6) is -1.47. The van der Waals surface area contributed by atoms with Gasteiger partial charge in [-0.05, 0) is 31.8 Å². The van der Waals surface area contributed by atoms with E-state index in [1.54, 1.807) is 6.08 Å². The molecule has 0 aromatic heterocycles. The van der Waals surface area contributed by atoms with Crippen molar-refractivity contribution < 1.29 is 19.8 Å². The van der Waals surface area contributed by atoms with Crippen LogP contribution in [0.25, 0.3) is 0 Å². The highest BCUT2D eigenvalue weighted by molar-refractivity contribution is 5.94. The summed E-state index contributed by atoms with van der Waals surface area (Å²) in [6.07, 6.45) is 7.82. The van der Waals surface area contributed by atoms with Gasteiger partial charge in [0.2, 0.25) is 0 Å². The first-order chi connectivity index (χ1) is 8.84. The van der Waals surface area contributed by atoms with Crippen molar-refractivity contribution in [1.29, 1.82) is 0 Å². The molecule has 108 valence electrons. The van der Waals surface area contributed by atoms with Crippen LogP contribution < -0.4 is 0 Å². The lowest BCUT2D eigenvalue weighted by atomic mass is 10.0. The van der Waals surface area contributed by atoms with Gasteiger partial charge in [0.25, 0.3) is 0 Å². The van der Waals surface area contributed by atoms with E-state index in [0.29, 0.717) is 12.3 Å². The third-order valence-electron chi connectivity index (χ3n) is 2.81. The number of unbranched alkanes of at least 4 members (excludes halogenated alkanes) is 3. The molecule has 0 aliphatic carbocycles. The van der Waals surface area contributed by atoms with E-state index in [1.165, 1.54) is 19.4 Å². The third-order valence-corrected chi connectivity index (χ3v) is 2.81. The van der Waals surface area contributed by atoms with Crippen LogP contribution in [0.2, 0.25) is 0 Å². The van der Waals surface area contributed by atoms with Crippen LogP contribution in [-0.4, -0.2) is 22.2 Å². The number of carboxylic acids is 2. The van der Waals surface area contributed by atoms with Gasteiger partial charge >= 0.3 is 11.9 Å². The fourth-order valence-electron chi connectivity index (χ4n) is 1.63. The number of carbonyl (C=O) groups is 2. The molecule has 0 saturated carbocycles. The summed E-state index contributed by atoms with van der Waals surface area (Å²) in [7, 11) is 0. The molecule has 4 heteroatoms. The summed E-state index contributed by atoms with van der Waals surface area (Å²) in [6, 6.07) is 0. The normalized spacial score (nSPS) is 12.8. The zero-order valence-corrected chi connectivity index (χ0v) is 12.0. The van der Waals surface area contributed by atoms with E-state index in [9.17, 15) is 9.59 Å². The average Bonchev–Trinajstić information content (AvgIpc) is 2.30. The molecule has 0 aliphatic rings. The largest absolute Gasteiger partial charge is 0.478 e. The number of aliphatic carboxylic acids is 2. The summed E-state index contributed by atoms with van der Waals surface area (Å²) < 4.78 is 0. The van der Waals surface area contributed by atoms with Crippen molar-refractivity contribution in [2.75, 3.05) is 0 Å². The zero-order valence-electron chi connectivity index (χ0n) is 12.0. The average molecular weight is 268 g/mol. The Balaban J connectivity index is 4.26. The van der Waals surface area contributed by atoms with Gasteiger partial charge in [0, 0.05) is 5.57 Å². The van der Waals surface area contributed by atoms with Crippen LogP contribution in [0.4, 0.5) is 0 Å². The molecule has 0 unspecified atom stereocenters. The second kappa shape index (κ2) is 9.36. The Bertz CT molecular complexity index is 364. The van der Waals surface area contributed by atoms with E-state index in [2.05, 4.69) is 13.8 Å². The van der Waals surface area contributed by atoms with Crippen molar-refractivity contribution in [2.45, 2.75) is 52.9 Å². The lowest BCUT2D eigenvalue weighted by Gasteiger charge is -2.03. The SMILES string of the molecule is CC(=CC(=CCCCCCC(C)C)C(=O)O)C(=O)O. The maximum Gasteiger partial charge on any atom is 0.335 e. The maximum atomic E-state index is 11.0. The minimum absolute atomic E-state index is 0.0356. The number of hydrogen-bond donors (Lipinski definition) is 2. The summed E-state index contributed by atoms with van der Waals surface area (Å²) >= 11 is 0. The molecule has 0 aromatic rings. The Morgan fingerprint density at radius 1 is 1.05 bits per heavy atom. The van der Waals surface area contributed by atoms with Gasteiger partial charge in [-0.1, -0.05) is 39.2 Å². The second-order valence-corrected chi connectivity index (χ2v) is 5.13. The van der Waals surface area contributed by atoms with Gasteiger partial charge in [0.1, 0.15) is 0 Å². The molecule has 0 aliphatic heterocycles. The van der Waals surface area contributed by atoms with E-state index >= 15 is 0 Å². The topological polar surface area (TPSA) is 74.6 Å². The predicted octanol–water partition coefficient (Wildman–Crippen LogP) is 3.63. The second-order valence-electron chi connectivity index (χ2n) is 5.13. The van der Waals surface area contributed by atoms with Crippen LogP contribution in [0, 0.1) is 5.92 Å². The first-order valence-corrected chi connectivity index (χ1v) is 6.69. The van der Waals surface area contributed by atoms with Crippen LogP contribution in [0.15, 0.2) is 23.3 Å². The third kappa shape index (κ3) is 9.05. The van der Waals surface area contributed by atoms with E-state index in [0.717, 1.165) is 19.3 Å². The molecular weight excluding hydrogens is 244 g/mol. The zero-order chi connectivity index (χ0) is 14.8. The van der Waals surface area contributed by atoms with Gasteiger partial charge < -0.3 is 10.2 Å². The molecular formula is C15H24O4. The molecule has 0 bridgehead atoms. The van der Waals surface area contributed by atoms with Gasteiger partial charge in [-0.2, -0.15) is 0 Å². The lowest BCUT2D eigenvalue weighted by molar-refractivity contribution is -0.132. The van der Waals surface area contributed by atoms with Crippen LogP contribution in [0.3, 0.4) is 0 Å². The molecule has 2 N–H and O–H groups in total. The quantitative estimate of drug-likeness (QED) is 0.380. The van der Waals surface area contributed by atoms with E-state index in [-0.39, 0.29) is 11.1 Å². The Kier molecular flexibility index (Phi) is 8.58. The van der Waals surface area contributed by atoms with Crippen molar-refractivity contribution in [3.8, 4) is 0 Å². The minimum Gasteiger partial charge on any atom is -0.478 e. The number of hydrogen-bond acceptors (Lipinski definition) is 2. The predicted molar refractivity (Wildman–Crippen MR) is 75.0 cm³/mol. The van der Waals surface area contributed by atoms with Crippen molar-refractivity contribution in [2.24, 2.45) is 5.92 Å². The number of carboxylic acid groups (broad SMARTS) is 2. The molecule has 0 heterocycles. The maximum absolute atomic E-state index is 11.0. The fraction of sp³-hybridized carbons (Fsp3) is 0.600. The van der Waals surface area contributed by atoms with E-state index < -0.39 is 11.9 Å². The van der Waals surface area contributed by atoms with Gasteiger partial charge in [-0.25, -0.2) is 9.59 Å². The summed E-state index contributed by atoms with van der Waals surface area (Å²) in [5.41, 5.74) is 0.0946. The molecule has 0 amide bonds. The molecule has 4 nitrogen and oxygen atoms in total. The minimum atomic E-state index is -1.09. The molecule has 19 heavy (non-hydrogen) atoms. The summed E-state index contributed by atoms with van der Waals surface area (Å²) in [4.78, 5) is 21.6. The van der Waals surface area contributed by atoms with Crippen LogP contribution >= 0.6 is 0 Å². The van der Waals surface area contributed by atoms with Crippen molar-refractivity contribution in [3.05, 3.63) is 23.3 Å². The van der Waals surface area contributed by atoms with Gasteiger partial charge in [0.15, 0.2) is 0 Å². The molecule has 0 spiro atoms. The molecule has 0 rings (SSSR count). The van der Waals surface area contributed by atoms with Crippen LogP contribution in [-0.2, 0) is 9.59 Å². The highest BCUT2D eigenvalue weighted by atomic mass is 16.4. The van der Waals surface area contributed by atoms with Crippen molar-refractivity contribution in [1.82, 2.24) is 0 Å². The standard InChI is InChI=1S/C15H24O4/c1-11(2)8-6-4-5-7-9-13(15(18)19)10-12(3)14(16)17/h9-11H,4-8H2,1-3H3,(H,16,17)(H,18,19). The molecule has 0 aromatic carbocycles. The molecule has 0 radical (unpaired) electrons. The first-order valence-electron chi connectivity index (χ1n) is 6.69. The highest BCUT2D eigenvalue weighted by Gasteiger charge is 2.07. The van der Waals surface area contributed by atoms with Gasteiger partial charge in [0.05, 0.1) is 5.57 Å². The monoisotopic (exact) mass is 268 g/mol. The summed E-state index contributed by atoms with van der Waals surface area (Å²) in [6.45, 7) is 5.76. The lowest BCUT2D eigenvalue weighted by Crippen LogP contribution is -2.02. The van der Waals surface area contributed by atoms with E-state index in [4.69, 9.17) is 10.2 Å². The number of allylic oxidation sites excluding steroid dienone is 1. The van der Waals surface area contributed by atoms with Crippen molar-refractivity contribution >= 4 is 11.9 Å². The van der Waals surface area contributed by atoms with E-state index in [1.807, 2.05) is 0 Å². The molecule has 0 atom stereocenters. The fourth-order valence-corrected chi connectivity index (χ4v) is 1.63. The summed E-state index contributed by atoms with van der Waals surface area (Å²) in [5, 5.41) is 17.7. The van der Waals surface area contributed by atoms with Crippen LogP contribution in [0.1, 0.15) is 52.9 Å². The van der Waals surface area contributed by atoms with Crippen LogP contribution in [0.5, 0.6) is 0 Å². The Hall–Kier alpha value is -1.58. The highest BCUT2D eigenvalue weighted by Crippen LogP contribution is 2.11. The Labute approximate surface area is 114 Å². The first kappa shape index (κ1) is 17.4. The number of rotatable bonds is 9. The Morgan fingerprint density at radius 2 is 1.68 bits per heavy atom. The smallest absolute Gasteiger partial charge is 0.335 e.